The molecule has 156 valence electrons. The van der Waals surface area contributed by atoms with Crippen LogP contribution in [-0.2, 0) is 14.3 Å². The van der Waals surface area contributed by atoms with Gasteiger partial charge in [0, 0.05) is 48.7 Å². The molecule has 0 saturated carbocycles. The summed E-state index contributed by atoms with van der Waals surface area (Å²) >= 11 is 0. The van der Waals surface area contributed by atoms with Crippen molar-refractivity contribution in [3.63, 3.8) is 0 Å². The average molecular weight is 408 g/mol. The summed E-state index contributed by atoms with van der Waals surface area (Å²) in [4.78, 5) is 20.9. The van der Waals surface area contributed by atoms with Crippen LogP contribution < -0.4 is 10.1 Å². The van der Waals surface area contributed by atoms with Crippen LogP contribution >= 0.6 is 0 Å². The first-order chi connectivity index (χ1) is 14.6. The van der Waals surface area contributed by atoms with E-state index in [4.69, 9.17) is 19.2 Å². The third-order valence-corrected chi connectivity index (χ3v) is 5.72. The minimum atomic E-state index is -0.154. The van der Waals surface area contributed by atoms with Gasteiger partial charge in [-0.2, -0.15) is 0 Å². The summed E-state index contributed by atoms with van der Waals surface area (Å²) in [6, 6.07) is 6.12. The Hall–Kier alpha value is -2.97. The molecular weight excluding hydrogens is 384 g/mol. The van der Waals surface area contributed by atoms with Crippen molar-refractivity contribution in [3.05, 3.63) is 36.3 Å². The van der Waals surface area contributed by atoms with Crippen molar-refractivity contribution in [1.82, 2.24) is 14.5 Å². The lowest BCUT2D eigenvalue weighted by molar-refractivity contribution is -0.114. The minimum absolute atomic E-state index is 0.154. The van der Waals surface area contributed by atoms with Crippen molar-refractivity contribution < 1.29 is 19.0 Å². The largest absolute Gasteiger partial charge is 0.497 e. The number of nitrogens with zero attached hydrogens (tertiary/aromatic N) is 3. The number of amides is 1. The maximum absolute atomic E-state index is 11.5. The van der Waals surface area contributed by atoms with Crippen molar-refractivity contribution in [2.24, 2.45) is 0 Å². The lowest BCUT2D eigenvalue weighted by Gasteiger charge is -2.28. The second-order valence-corrected chi connectivity index (χ2v) is 7.79. The summed E-state index contributed by atoms with van der Waals surface area (Å²) in [6.07, 6.45) is 4.86. The van der Waals surface area contributed by atoms with E-state index >= 15 is 0 Å². The first kappa shape index (κ1) is 19.0. The highest BCUT2D eigenvalue weighted by molar-refractivity contribution is 5.98. The van der Waals surface area contributed by atoms with Crippen LogP contribution in [0, 0.1) is 0 Å². The highest BCUT2D eigenvalue weighted by Gasteiger charge is 2.26. The number of rotatable bonds is 5. The number of carbonyl (C=O) groups is 1. The van der Waals surface area contributed by atoms with Gasteiger partial charge in [0.2, 0.25) is 5.91 Å². The Balaban J connectivity index is 1.67. The zero-order chi connectivity index (χ0) is 20.7. The smallest absolute Gasteiger partial charge is 0.222 e. The maximum atomic E-state index is 11.5. The fourth-order valence-electron chi connectivity index (χ4n) is 4.05. The molecule has 5 rings (SSSR count). The first-order valence-electron chi connectivity index (χ1n) is 10.1. The molecule has 1 N–H and O–H groups in total. The van der Waals surface area contributed by atoms with E-state index in [1.807, 2.05) is 18.2 Å². The van der Waals surface area contributed by atoms with Crippen molar-refractivity contribution in [2.75, 3.05) is 38.9 Å². The van der Waals surface area contributed by atoms with E-state index in [1.165, 1.54) is 6.92 Å². The minimum Gasteiger partial charge on any atom is -0.497 e. The van der Waals surface area contributed by atoms with Gasteiger partial charge in [0.15, 0.2) is 0 Å². The second kappa shape index (κ2) is 7.70. The molecular formula is C22H24N4O4. The summed E-state index contributed by atoms with van der Waals surface area (Å²) in [6.45, 7) is 4.26. The van der Waals surface area contributed by atoms with Crippen LogP contribution in [-0.4, -0.2) is 54.0 Å². The molecule has 1 amide bonds. The summed E-state index contributed by atoms with van der Waals surface area (Å²) in [5.41, 5.74) is 3.78. The molecule has 5 heterocycles. The van der Waals surface area contributed by atoms with E-state index < -0.39 is 0 Å². The van der Waals surface area contributed by atoms with Crippen LogP contribution in [0.3, 0.4) is 0 Å². The third-order valence-electron chi connectivity index (χ3n) is 5.72. The van der Waals surface area contributed by atoms with Crippen LogP contribution in [0.1, 0.15) is 31.0 Å². The molecule has 1 atom stereocenters. The molecule has 3 aromatic heterocycles. The topological polar surface area (TPSA) is 87.5 Å². The summed E-state index contributed by atoms with van der Waals surface area (Å²) in [5, 5.41) is 3.76. The molecule has 8 heteroatoms. The highest BCUT2D eigenvalue weighted by Crippen LogP contribution is 2.37. The van der Waals surface area contributed by atoms with Crippen LogP contribution in [0.25, 0.3) is 22.2 Å². The highest BCUT2D eigenvalue weighted by atomic mass is 16.5. The van der Waals surface area contributed by atoms with Gasteiger partial charge in [-0.15, -0.1) is 0 Å². The van der Waals surface area contributed by atoms with Gasteiger partial charge in [-0.25, -0.2) is 4.98 Å². The van der Waals surface area contributed by atoms with Crippen molar-refractivity contribution in [1.29, 1.82) is 0 Å². The molecule has 0 aromatic carbocycles. The fourth-order valence-corrected chi connectivity index (χ4v) is 4.05. The molecule has 0 bridgehead atoms. The predicted octanol–water partition coefficient (Wildman–Crippen LogP) is 3.14. The van der Waals surface area contributed by atoms with Gasteiger partial charge >= 0.3 is 0 Å². The molecule has 30 heavy (non-hydrogen) atoms. The average Bonchev–Trinajstić information content (AvgIpc) is 3.35. The molecule has 2 saturated heterocycles. The van der Waals surface area contributed by atoms with Crippen molar-refractivity contribution >= 4 is 22.6 Å². The number of hydrogen-bond donors (Lipinski definition) is 1. The van der Waals surface area contributed by atoms with E-state index in [9.17, 15) is 4.79 Å². The number of methoxy groups -OCH3 is 1. The van der Waals surface area contributed by atoms with E-state index in [2.05, 4.69) is 21.1 Å². The SMILES string of the molecule is COc1cc(-c2cn(C3COC3)c3cnc(NC(C)=O)cc23)nc(C2CCOC2)c1. The van der Waals surface area contributed by atoms with E-state index in [-0.39, 0.29) is 17.9 Å². The van der Waals surface area contributed by atoms with Crippen LogP contribution in [0.5, 0.6) is 5.75 Å². The van der Waals surface area contributed by atoms with Gasteiger partial charge < -0.3 is 24.1 Å². The number of hydrogen-bond acceptors (Lipinski definition) is 6. The number of fused-ring (bicyclic) bond motifs is 1. The van der Waals surface area contributed by atoms with Crippen LogP contribution in [0.4, 0.5) is 5.82 Å². The fraction of sp³-hybridized carbons (Fsp3) is 0.409. The Morgan fingerprint density at radius 2 is 2.10 bits per heavy atom. The van der Waals surface area contributed by atoms with E-state index in [0.29, 0.717) is 25.6 Å². The van der Waals surface area contributed by atoms with Gasteiger partial charge in [0.1, 0.15) is 11.6 Å². The number of ether oxygens (including phenoxy) is 3. The molecule has 0 spiro atoms. The predicted molar refractivity (Wildman–Crippen MR) is 112 cm³/mol. The van der Waals surface area contributed by atoms with Gasteiger partial charge in [0.05, 0.1) is 56.1 Å². The van der Waals surface area contributed by atoms with Crippen molar-refractivity contribution in [2.45, 2.75) is 25.3 Å². The van der Waals surface area contributed by atoms with E-state index in [0.717, 1.165) is 46.6 Å². The van der Waals surface area contributed by atoms with Gasteiger partial charge in [-0.1, -0.05) is 0 Å². The Morgan fingerprint density at radius 3 is 2.77 bits per heavy atom. The third kappa shape index (κ3) is 3.42. The molecule has 8 nitrogen and oxygen atoms in total. The first-order valence-corrected chi connectivity index (χ1v) is 10.1. The Morgan fingerprint density at radius 1 is 1.23 bits per heavy atom. The molecule has 2 aliphatic heterocycles. The molecule has 2 fully saturated rings. The monoisotopic (exact) mass is 408 g/mol. The molecule has 2 aliphatic rings. The molecule has 0 aliphatic carbocycles. The number of pyridine rings is 2. The normalized spacial score (nSPS) is 19.1. The summed E-state index contributed by atoms with van der Waals surface area (Å²) in [5.74, 6) is 1.40. The Labute approximate surface area is 174 Å². The van der Waals surface area contributed by atoms with Gasteiger partial charge in [-0.3, -0.25) is 9.78 Å². The zero-order valence-electron chi connectivity index (χ0n) is 17.1. The van der Waals surface area contributed by atoms with Crippen LogP contribution in [0.15, 0.2) is 30.6 Å². The molecule has 0 radical (unpaired) electrons. The molecule has 1 unspecified atom stereocenters. The lowest BCUT2D eigenvalue weighted by Crippen LogP contribution is -2.30. The Kier molecular flexibility index (Phi) is 4.88. The maximum Gasteiger partial charge on any atom is 0.222 e. The number of carbonyl (C=O) groups excluding carboxylic acids is 1. The van der Waals surface area contributed by atoms with Crippen molar-refractivity contribution in [3.8, 4) is 17.0 Å². The standard InChI is InChI=1S/C22H24N4O4/c1-13(27)24-22-7-17-18(9-26(15-11-30-12-15)21(17)8-23-22)20-6-16(28-2)5-19(25-20)14-3-4-29-10-14/h5-9,14-15H,3-4,10-12H2,1-2H3,(H,23,24,27). The van der Waals surface area contributed by atoms with Crippen LogP contribution in [0.2, 0.25) is 0 Å². The zero-order valence-corrected chi connectivity index (χ0v) is 17.1. The lowest BCUT2D eigenvalue weighted by atomic mass is 10.0. The quantitative estimate of drug-likeness (QED) is 0.698. The Bertz CT molecular complexity index is 1100. The number of anilines is 1. The molecule has 3 aromatic rings. The number of nitrogens with one attached hydrogen (secondary N) is 1. The second-order valence-electron chi connectivity index (χ2n) is 7.79. The van der Waals surface area contributed by atoms with Gasteiger partial charge in [-0.05, 0) is 12.5 Å². The summed E-state index contributed by atoms with van der Waals surface area (Å²) in [7, 11) is 1.67. The number of aromatic nitrogens is 3. The van der Waals surface area contributed by atoms with E-state index in [1.54, 1.807) is 13.3 Å². The summed E-state index contributed by atoms with van der Waals surface area (Å²) < 4.78 is 18.7. The van der Waals surface area contributed by atoms with Gasteiger partial charge in [0.25, 0.3) is 0 Å².